The average Bonchev–Trinajstić information content (AvgIpc) is 2.68. The molecule has 0 spiro atoms. The van der Waals surface area contributed by atoms with Gasteiger partial charge in [-0.1, -0.05) is 30.3 Å². The Morgan fingerprint density at radius 3 is 2.82 bits per heavy atom. The predicted octanol–water partition coefficient (Wildman–Crippen LogP) is 1.20. The Kier molecular flexibility index (Phi) is 4.09. The standard InChI is InChI=1S/C13H17FN2O/c14-13-9-16(8-12(13)6-15-10-17)7-11-4-2-1-3-5-11/h1-5,10,12-13H,6-9H2,(H,15,17)/t12-,13+/m0/s1. The zero-order valence-corrected chi connectivity index (χ0v) is 9.68. The summed E-state index contributed by atoms with van der Waals surface area (Å²) >= 11 is 0. The van der Waals surface area contributed by atoms with Crippen LogP contribution in [0, 0.1) is 5.92 Å². The quantitative estimate of drug-likeness (QED) is 0.779. The fourth-order valence-corrected chi connectivity index (χ4v) is 2.28. The summed E-state index contributed by atoms with van der Waals surface area (Å²) in [5.74, 6) is -0.0797. The molecule has 3 nitrogen and oxygen atoms in total. The van der Waals surface area contributed by atoms with Crippen LogP contribution >= 0.6 is 0 Å². The predicted molar refractivity (Wildman–Crippen MR) is 64.2 cm³/mol. The summed E-state index contributed by atoms with van der Waals surface area (Å²) in [4.78, 5) is 12.3. The van der Waals surface area contributed by atoms with Crippen molar-refractivity contribution in [3.05, 3.63) is 35.9 Å². The summed E-state index contributed by atoms with van der Waals surface area (Å²) in [5.41, 5.74) is 1.20. The van der Waals surface area contributed by atoms with Crippen LogP contribution < -0.4 is 5.32 Å². The van der Waals surface area contributed by atoms with Crippen molar-refractivity contribution in [2.75, 3.05) is 19.6 Å². The molecule has 0 bridgehead atoms. The second-order valence-electron chi connectivity index (χ2n) is 4.48. The van der Waals surface area contributed by atoms with Gasteiger partial charge in [0.2, 0.25) is 6.41 Å². The Hall–Kier alpha value is -1.42. The van der Waals surface area contributed by atoms with Crippen LogP contribution in [0.2, 0.25) is 0 Å². The van der Waals surface area contributed by atoms with E-state index < -0.39 is 6.17 Å². The van der Waals surface area contributed by atoms with Crippen LogP contribution in [-0.2, 0) is 11.3 Å². The number of carbonyl (C=O) groups is 1. The Morgan fingerprint density at radius 1 is 1.35 bits per heavy atom. The van der Waals surface area contributed by atoms with Crippen LogP contribution in [-0.4, -0.2) is 37.1 Å². The summed E-state index contributed by atoms with van der Waals surface area (Å²) in [6.45, 7) is 2.37. The van der Waals surface area contributed by atoms with Crippen LogP contribution in [0.1, 0.15) is 5.56 Å². The minimum absolute atomic E-state index is 0.0797. The number of benzene rings is 1. The number of halogens is 1. The molecule has 1 aromatic carbocycles. The highest BCUT2D eigenvalue weighted by atomic mass is 19.1. The van der Waals surface area contributed by atoms with Crippen LogP contribution in [0.15, 0.2) is 30.3 Å². The van der Waals surface area contributed by atoms with Gasteiger partial charge >= 0.3 is 0 Å². The first-order valence-electron chi connectivity index (χ1n) is 5.87. The van der Waals surface area contributed by atoms with Gasteiger partial charge in [0.15, 0.2) is 0 Å². The molecule has 0 radical (unpaired) electrons. The summed E-state index contributed by atoms with van der Waals surface area (Å²) < 4.78 is 13.7. The van der Waals surface area contributed by atoms with E-state index in [0.717, 1.165) is 6.54 Å². The van der Waals surface area contributed by atoms with Gasteiger partial charge in [-0.25, -0.2) is 4.39 Å². The van der Waals surface area contributed by atoms with E-state index in [1.54, 1.807) is 0 Å². The normalized spacial score (nSPS) is 24.8. The third-order valence-electron chi connectivity index (χ3n) is 3.15. The molecule has 0 saturated carbocycles. The van der Waals surface area contributed by atoms with Gasteiger partial charge in [-0.15, -0.1) is 0 Å². The number of likely N-dealkylation sites (tertiary alicyclic amines) is 1. The average molecular weight is 236 g/mol. The molecule has 0 unspecified atom stereocenters. The maximum atomic E-state index is 13.7. The van der Waals surface area contributed by atoms with Gasteiger partial charge in [-0.2, -0.15) is 0 Å². The van der Waals surface area contributed by atoms with Gasteiger partial charge < -0.3 is 5.32 Å². The van der Waals surface area contributed by atoms with Crippen LogP contribution in [0.3, 0.4) is 0 Å². The van der Waals surface area contributed by atoms with E-state index in [1.165, 1.54) is 5.56 Å². The number of nitrogens with one attached hydrogen (secondary N) is 1. The lowest BCUT2D eigenvalue weighted by Crippen LogP contribution is -2.27. The van der Waals surface area contributed by atoms with Crippen molar-refractivity contribution in [2.24, 2.45) is 5.92 Å². The molecule has 0 aliphatic carbocycles. The number of nitrogens with zero attached hydrogens (tertiary/aromatic N) is 1. The number of alkyl halides is 1. The van der Waals surface area contributed by atoms with Gasteiger partial charge in [-0.05, 0) is 5.56 Å². The van der Waals surface area contributed by atoms with E-state index in [2.05, 4.69) is 10.2 Å². The zero-order chi connectivity index (χ0) is 12.1. The van der Waals surface area contributed by atoms with E-state index in [9.17, 15) is 9.18 Å². The van der Waals surface area contributed by atoms with Crippen molar-refractivity contribution < 1.29 is 9.18 Å². The first kappa shape index (κ1) is 12.0. The van der Waals surface area contributed by atoms with E-state index >= 15 is 0 Å². The first-order valence-corrected chi connectivity index (χ1v) is 5.87. The largest absolute Gasteiger partial charge is 0.358 e. The SMILES string of the molecule is O=CNC[C@H]1CN(Cc2ccccc2)C[C@H]1F. The van der Waals surface area contributed by atoms with E-state index in [4.69, 9.17) is 0 Å². The highest BCUT2D eigenvalue weighted by Crippen LogP contribution is 2.21. The zero-order valence-electron chi connectivity index (χ0n) is 9.68. The highest BCUT2D eigenvalue weighted by Gasteiger charge is 2.32. The monoisotopic (exact) mass is 236 g/mol. The van der Waals surface area contributed by atoms with Gasteiger partial charge in [0.1, 0.15) is 6.17 Å². The summed E-state index contributed by atoms with van der Waals surface area (Å²) in [6, 6.07) is 10.0. The Bertz CT molecular complexity index is 358. The smallest absolute Gasteiger partial charge is 0.207 e. The van der Waals surface area contributed by atoms with E-state index in [-0.39, 0.29) is 5.92 Å². The van der Waals surface area contributed by atoms with E-state index in [1.807, 2.05) is 30.3 Å². The number of hydrogen-bond donors (Lipinski definition) is 1. The molecule has 1 heterocycles. The van der Waals surface area contributed by atoms with Crippen molar-refractivity contribution in [2.45, 2.75) is 12.7 Å². The molecule has 17 heavy (non-hydrogen) atoms. The third-order valence-corrected chi connectivity index (χ3v) is 3.15. The molecular weight excluding hydrogens is 219 g/mol. The highest BCUT2D eigenvalue weighted by molar-refractivity contribution is 5.45. The Morgan fingerprint density at radius 2 is 2.12 bits per heavy atom. The summed E-state index contributed by atoms with van der Waals surface area (Å²) in [7, 11) is 0. The lowest BCUT2D eigenvalue weighted by atomic mass is 10.1. The molecule has 4 heteroatoms. The molecule has 1 fully saturated rings. The van der Waals surface area contributed by atoms with Crippen molar-refractivity contribution in [3.8, 4) is 0 Å². The summed E-state index contributed by atoms with van der Waals surface area (Å²) in [5, 5.41) is 2.56. The number of amides is 1. The molecule has 1 aromatic rings. The molecule has 92 valence electrons. The minimum Gasteiger partial charge on any atom is -0.358 e. The maximum Gasteiger partial charge on any atom is 0.207 e. The van der Waals surface area contributed by atoms with Crippen molar-refractivity contribution in [1.82, 2.24) is 10.2 Å². The molecule has 2 rings (SSSR count). The van der Waals surface area contributed by atoms with Crippen molar-refractivity contribution in [1.29, 1.82) is 0 Å². The Labute approximate surface area is 101 Å². The van der Waals surface area contributed by atoms with Gasteiger partial charge in [0.25, 0.3) is 0 Å². The fraction of sp³-hybridized carbons (Fsp3) is 0.462. The minimum atomic E-state index is -0.842. The van der Waals surface area contributed by atoms with Crippen molar-refractivity contribution >= 4 is 6.41 Å². The lowest BCUT2D eigenvalue weighted by Gasteiger charge is -2.15. The van der Waals surface area contributed by atoms with Crippen molar-refractivity contribution in [3.63, 3.8) is 0 Å². The molecule has 1 aliphatic rings. The molecule has 1 saturated heterocycles. The molecule has 1 N–H and O–H groups in total. The molecule has 2 atom stereocenters. The molecular formula is C13H17FN2O. The molecule has 1 aliphatic heterocycles. The molecule has 0 aromatic heterocycles. The van der Waals surface area contributed by atoms with E-state index in [0.29, 0.717) is 26.0 Å². The maximum absolute atomic E-state index is 13.7. The fourth-order valence-electron chi connectivity index (χ4n) is 2.28. The number of hydrogen-bond acceptors (Lipinski definition) is 2. The topological polar surface area (TPSA) is 32.3 Å². The first-order chi connectivity index (χ1) is 8.29. The number of rotatable bonds is 5. The van der Waals surface area contributed by atoms with Crippen LogP contribution in [0.5, 0.6) is 0 Å². The lowest BCUT2D eigenvalue weighted by molar-refractivity contribution is -0.109. The number of carbonyl (C=O) groups excluding carboxylic acids is 1. The molecule has 1 amide bonds. The van der Waals surface area contributed by atoms with Crippen LogP contribution in [0.25, 0.3) is 0 Å². The third kappa shape index (κ3) is 3.27. The summed E-state index contributed by atoms with van der Waals surface area (Å²) in [6.07, 6.45) is -0.210. The second-order valence-corrected chi connectivity index (χ2v) is 4.48. The second kappa shape index (κ2) is 5.77. The van der Waals surface area contributed by atoms with Gasteiger partial charge in [0, 0.05) is 32.1 Å². The van der Waals surface area contributed by atoms with Crippen LogP contribution in [0.4, 0.5) is 4.39 Å². The van der Waals surface area contributed by atoms with Gasteiger partial charge in [0.05, 0.1) is 0 Å². The van der Waals surface area contributed by atoms with Gasteiger partial charge in [-0.3, -0.25) is 9.69 Å². The Balaban J connectivity index is 1.86.